The third-order valence-electron chi connectivity index (χ3n) is 1.83. The molecule has 0 aliphatic heterocycles. The first-order valence-corrected chi connectivity index (χ1v) is 5.14. The lowest BCUT2D eigenvalue weighted by atomic mass is 10.2. The molecule has 0 bridgehead atoms. The van der Waals surface area contributed by atoms with E-state index in [-0.39, 0.29) is 18.9 Å². The van der Waals surface area contributed by atoms with Gasteiger partial charge >= 0.3 is 5.97 Å². The summed E-state index contributed by atoms with van der Waals surface area (Å²) in [5.41, 5.74) is 0.521. The molecular formula is C12H13NO4. The fourth-order valence-corrected chi connectivity index (χ4v) is 1.06. The van der Waals surface area contributed by atoms with Crippen LogP contribution in [0.5, 0.6) is 0 Å². The van der Waals surface area contributed by atoms with E-state index >= 15 is 0 Å². The molecule has 5 heteroatoms. The van der Waals surface area contributed by atoms with Crippen LogP contribution >= 0.6 is 0 Å². The number of rotatable bonds is 6. The molecular weight excluding hydrogens is 222 g/mol. The van der Waals surface area contributed by atoms with Crippen LogP contribution in [0.1, 0.15) is 12.5 Å². The first-order chi connectivity index (χ1) is 8.27. The van der Waals surface area contributed by atoms with Crippen molar-refractivity contribution in [1.29, 1.82) is 0 Å². The molecule has 0 atom stereocenters. The lowest BCUT2D eigenvalue weighted by Gasteiger charge is -2.01. The molecule has 0 saturated carbocycles. The molecule has 5 nitrogen and oxygen atoms in total. The number of esters is 1. The summed E-state index contributed by atoms with van der Waals surface area (Å²) in [6, 6.07) is 9.28. The summed E-state index contributed by atoms with van der Waals surface area (Å²) < 4.78 is 4.62. The number of oxime groups is 1. The fraction of sp³-hybridized carbons (Fsp3) is 0.250. The number of carbonyl (C=O) groups excluding carboxylic acids is 2. The molecule has 0 spiro atoms. The van der Waals surface area contributed by atoms with E-state index in [0.717, 1.165) is 5.56 Å². The van der Waals surface area contributed by atoms with E-state index in [0.29, 0.717) is 6.29 Å². The van der Waals surface area contributed by atoms with E-state index in [1.165, 1.54) is 0 Å². The number of carbonyl (C=O) groups is 2. The van der Waals surface area contributed by atoms with Crippen LogP contribution in [0.25, 0.3) is 0 Å². The summed E-state index contributed by atoms with van der Waals surface area (Å²) in [7, 11) is 0. The van der Waals surface area contributed by atoms with Crippen molar-refractivity contribution in [2.75, 3.05) is 6.61 Å². The third kappa shape index (κ3) is 4.46. The molecule has 0 amide bonds. The zero-order valence-corrected chi connectivity index (χ0v) is 9.46. The van der Waals surface area contributed by atoms with Crippen LogP contribution in [0, 0.1) is 0 Å². The van der Waals surface area contributed by atoms with Gasteiger partial charge in [0, 0.05) is 0 Å². The Morgan fingerprint density at radius 1 is 1.35 bits per heavy atom. The maximum atomic E-state index is 11.2. The van der Waals surface area contributed by atoms with Gasteiger partial charge in [0.15, 0.2) is 6.29 Å². The van der Waals surface area contributed by atoms with Crippen LogP contribution in [0.2, 0.25) is 0 Å². The molecule has 0 N–H and O–H groups in total. The average Bonchev–Trinajstić information content (AvgIpc) is 2.36. The fourth-order valence-electron chi connectivity index (χ4n) is 1.06. The first kappa shape index (κ1) is 12.9. The molecule has 0 aliphatic rings. The molecule has 17 heavy (non-hydrogen) atoms. The SMILES string of the molecule is CCOC(=O)C(C=O)=NOCc1ccccc1. The van der Waals surface area contributed by atoms with Gasteiger partial charge in [0.05, 0.1) is 6.61 Å². The summed E-state index contributed by atoms with van der Waals surface area (Å²) in [6.45, 7) is 2.02. The van der Waals surface area contributed by atoms with E-state index < -0.39 is 5.97 Å². The Morgan fingerprint density at radius 3 is 2.65 bits per heavy atom. The van der Waals surface area contributed by atoms with Gasteiger partial charge in [0.25, 0.3) is 0 Å². The predicted molar refractivity (Wildman–Crippen MR) is 61.4 cm³/mol. The molecule has 0 saturated heterocycles. The van der Waals surface area contributed by atoms with Gasteiger partial charge < -0.3 is 9.57 Å². The molecule has 0 aromatic heterocycles. The molecule has 1 aromatic carbocycles. The van der Waals surface area contributed by atoms with Gasteiger partial charge in [-0.25, -0.2) is 4.79 Å². The van der Waals surface area contributed by atoms with Gasteiger partial charge in [-0.1, -0.05) is 35.5 Å². The summed E-state index contributed by atoms with van der Waals surface area (Å²) in [5, 5.41) is 3.43. The summed E-state index contributed by atoms with van der Waals surface area (Å²) in [4.78, 5) is 26.6. The van der Waals surface area contributed by atoms with Crippen molar-refractivity contribution in [1.82, 2.24) is 0 Å². The van der Waals surface area contributed by atoms with Crippen molar-refractivity contribution >= 4 is 18.0 Å². The standard InChI is InChI=1S/C12H13NO4/c1-2-16-12(15)11(8-14)13-17-9-10-6-4-3-5-7-10/h3-8H,2,9H2,1H3. The van der Waals surface area contributed by atoms with E-state index in [9.17, 15) is 9.59 Å². The highest BCUT2D eigenvalue weighted by Gasteiger charge is 2.11. The number of nitrogens with zero attached hydrogens (tertiary/aromatic N) is 1. The lowest BCUT2D eigenvalue weighted by molar-refractivity contribution is -0.135. The molecule has 90 valence electrons. The Kier molecular flexibility index (Phi) is 5.43. The Morgan fingerprint density at radius 2 is 2.06 bits per heavy atom. The molecule has 0 radical (unpaired) electrons. The van der Waals surface area contributed by atoms with Gasteiger partial charge in [0.2, 0.25) is 5.71 Å². The van der Waals surface area contributed by atoms with Gasteiger partial charge in [-0.3, -0.25) is 4.79 Å². The summed E-state index contributed by atoms with van der Waals surface area (Å²) >= 11 is 0. The number of benzene rings is 1. The van der Waals surface area contributed by atoms with Crippen LogP contribution in [-0.2, 0) is 25.8 Å². The zero-order chi connectivity index (χ0) is 12.5. The molecule has 0 unspecified atom stereocenters. The van der Waals surface area contributed by atoms with Crippen LogP contribution in [0.3, 0.4) is 0 Å². The first-order valence-electron chi connectivity index (χ1n) is 5.14. The number of hydrogen-bond acceptors (Lipinski definition) is 5. The molecule has 1 rings (SSSR count). The number of ether oxygens (including phenoxy) is 1. The van der Waals surface area contributed by atoms with E-state index in [2.05, 4.69) is 9.89 Å². The van der Waals surface area contributed by atoms with Crippen molar-refractivity contribution in [3.63, 3.8) is 0 Å². The third-order valence-corrected chi connectivity index (χ3v) is 1.83. The number of hydrogen-bond donors (Lipinski definition) is 0. The predicted octanol–water partition coefficient (Wildman–Crippen LogP) is 1.32. The van der Waals surface area contributed by atoms with Gasteiger partial charge in [0.1, 0.15) is 6.61 Å². The largest absolute Gasteiger partial charge is 0.461 e. The van der Waals surface area contributed by atoms with E-state index in [1.807, 2.05) is 30.3 Å². The van der Waals surface area contributed by atoms with E-state index in [1.54, 1.807) is 6.92 Å². The summed E-state index contributed by atoms with van der Waals surface area (Å²) in [5.74, 6) is -0.782. The minimum absolute atomic E-state index is 0.185. The Labute approximate surface area is 99.0 Å². The van der Waals surface area contributed by atoms with Crippen molar-refractivity contribution < 1.29 is 19.2 Å². The van der Waals surface area contributed by atoms with Gasteiger partial charge in [-0.2, -0.15) is 0 Å². The molecule has 0 heterocycles. The molecule has 1 aromatic rings. The van der Waals surface area contributed by atoms with Crippen LogP contribution in [0.15, 0.2) is 35.5 Å². The normalized spacial score (nSPS) is 10.8. The second-order valence-electron chi connectivity index (χ2n) is 3.07. The van der Waals surface area contributed by atoms with Crippen LogP contribution in [-0.4, -0.2) is 24.6 Å². The topological polar surface area (TPSA) is 65.0 Å². The van der Waals surface area contributed by atoms with Crippen molar-refractivity contribution in [3.8, 4) is 0 Å². The van der Waals surface area contributed by atoms with Crippen LogP contribution in [0.4, 0.5) is 0 Å². The van der Waals surface area contributed by atoms with Crippen LogP contribution < -0.4 is 0 Å². The van der Waals surface area contributed by atoms with Crippen molar-refractivity contribution in [3.05, 3.63) is 35.9 Å². The van der Waals surface area contributed by atoms with E-state index in [4.69, 9.17) is 4.84 Å². The molecule has 0 fully saturated rings. The smallest absolute Gasteiger partial charge is 0.363 e. The highest BCUT2D eigenvalue weighted by Crippen LogP contribution is 2.00. The second kappa shape index (κ2) is 7.16. The van der Waals surface area contributed by atoms with Gasteiger partial charge in [-0.05, 0) is 12.5 Å². The Bertz CT molecular complexity index is 400. The minimum Gasteiger partial charge on any atom is -0.461 e. The monoisotopic (exact) mass is 235 g/mol. The number of aldehydes is 1. The second-order valence-corrected chi connectivity index (χ2v) is 3.07. The lowest BCUT2D eigenvalue weighted by Crippen LogP contribution is -2.19. The average molecular weight is 235 g/mol. The molecule has 0 aliphatic carbocycles. The Balaban J connectivity index is 2.51. The minimum atomic E-state index is -0.782. The van der Waals surface area contributed by atoms with Gasteiger partial charge in [-0.15, -0.1) is 0 Å². The summed E-state index contributed by atoms with van der Waals surface area (Å²) in [6.07, 6.45) is 0.309. The maximum Gasteiger partial charge on any atom is 0.363 e. The van der Waals surface area contributed by atoms with Crippen molar-refractivity contribution in [2.24, 2.45) is 5.16 Å². The Hall–Kier alpha value is -2.17. The highest BCUT2D eigenvalue weighted by molar-refractivity contribution is 6.58. The highest BCUT2D eigenvalue weighted by atomic mass is 16.6. The maximum absolute atomic E-state index is 11.2. The van der Waals surface area contributed by atoms with Crippen molar-refractivity contribution in [2.45, 2.75) is 13.5 Å². The quantitative estimate of drug-likeness (QED) is 0.245. The zero-order valence-electron chi connectivity index (χ0n) is 9.46.